The van der Waals surface area contributed by atoms with Gasteiger partial charge in [0, 0.05) is 37.7 Å². The fourth-order valence-electron chi connectivity index (χ4n) is 4.46. The van der Waals surface area contributed by atoms with Gasteiger partial charge in [-0.25, -0.2) is 9.50 Å². The van der Waals surface area contributed by atoms with Gasteiger partial charge in [0.15, 0.2) is 11.5 Å². The van der Waals surface area contributed by atoms with E-state index in [1.807, 2.05) is 26.0 Å². The van der Waals surface area contributed by atoms with Gasteiger partial charge >= 0.3 is 0 Å². The molecule has 5 heterocycles. The molecule has 0 aromatic carbocycles. The monoisotopic (exact) mass is 464 g/mol. The van der Waals surface area contributed by atoms with E-state index in [9.17, 15) is 9.59 Å². The van der Waals surface area contributed by atoms with E-state index in [0.29, 0.717) is 42.7 Å². The zero-order valence-electron chi connectivity index (χ0n) is 19.3. The minimum Gasteiger partial charge on any atom is -0.361 e. The molecule has 2 aromatic heterocycles. The largest absolute Gasteiger partial charge is 0.361 e. The van der Waals surface area contributed by atoms with E-state index >= 15 is 0 Å². The number of amides is 2. The van der Waals surface area contributed by atoms with Crippen molar-refractivity contribution >= 4 is 29.2 Å². The average Bonchev–Trinajstić information content (AvgIpc) is 3.50. The van der Waals surface area contributed by atoms with Gasteiger partial charge in [-0.2, -0.15) is 4.98 Å². The minimum absolute atomic E-state index is 0.0204. The van der Waals surface area contributed by atoms with Crippen molar-refractivity contribution in [2.24, 2.45) is 5.41 Å². The SMILES string of the molecule is C=C/C(=C\C=C1/CNC(=O)C1(C)C)Nc1nc2c(N3CCC4(CNC(=O)CO4)C3)nccn2n1. The fraction of sp³-hybridized carbons (Fsp3) is 0.435. The van der Waals surface area contributed by atoms with Gasteiger partial charge in [-0.1, -0.05) is 12.7 Å². The summed E-state index contributed by atoms with van der Waals surface area (Å²) in [7, 11) is 0. The molecular formula is C23H28N8O3. The molecule has 34 heavy (non-hydrogen) atoms. The quantitative estimate of drug-likeness (QED) is 0.555. The van der Waals surface area contributed by atoms with Gasteiger partial charge in [0.25, 0.3) is 0 Å². The van der Waals surface area contributed by atoms with Crippen LogP contribution in [0.1, 0.15) is 20.3 Å². The summed E-state index contributed by atoms with van der Waals surface area (Å²) in [5, 5.41) is 13.5. The Morgan fingerprint density at radius 1 is 1.32 bits per heavy atom. The number of fused-ring (bicyclic) bond motifs is 1. The Hall–Kier alpha value is -3.73. The molecule has 2 amide bonds. The van der Waals surface area contributed by atoms with Crippen molar-refractivity contribution in [1.29, 1.82) is 0 Å². The van der Waals surface area contributed by atoms with E-state index in [4.69, 9.17) is 4.74 Å². The molecule has 1 unspecified atom stereocenters. The molecule has 1 spiro atoms. The predicted octanol–water partition coefficient (Wildman–Crippen LogP) is 0.784. The van der Waals surface area contributed by atoms with Crippen LogP contribution in [0.5, 0.6) is 0 Å². The number of aromatic nitrogens is 4. The molecule has 5 rings (SSSR count). The first-order valence-corrected chi connectivity index (χ1v) is 11.3. The lowest BCUT2D eigenvalue weighted by atomic mass is 9.86. The third kappa shape index (κ3) is 3.92. The number of ether oxygens (including phenoxy) is 1. The van der Waals surface area contributed by atoms with Crippen molar-refractivity contribution in [1.82, 2.24) is 30.2 Å². The Balaban J connectivity index is 1.36. The highest BCUT2D eigenvalue weighted by molar-refractivity contribution is 5.88. The van der Waals surface area contributed by atoms with Crippen LogP contribution in [0.3, 0.4) is 0 Å². The molecule has 3 saturated heterocycles. The summed E-state index contributed by atoms with van der Waals surface area (Å²) in [4.78, 5) is 34.8. The van der Waals surface area contributed by atoms with E-state index in [-0.39, 0.29) is 18.4 Å². The van der Waals surface area contributed by atoms with Crippen molar-refractivity contribution in [2.75, 3.05) is 43.0 Å². The van der Waals surface area contributed by atoms with Crippen LogP contribution in [-0.2, 0) is 14.3 Å². The smallest absolute Gasteiger partial charge is 0.247 e. The number of hydrogen-bond donors (Lipinski definition) is 3. The molecule has 11 heteroatoms. The maximum atomic E-state index is 12.0. The molecule has 3 aliphatic rings. The van der Waals surface area contributed by atoms with Crippen LogP contribution >= 0.6 is 0 Å². The number of carbonyl (C=O) groups is 2. The highest BCUT2D eigenvalue weighted by atomic mass is 16.5. The van der Waals surface area contributed by atoms with Gasteiger partial charge in [0.1, 0.15) is 12.2 Å². The summed E-state index contributed by atoms with van der Waals surface area (Å²) in [5.41, 5.74) is 1.38. The van der Waals surface area contributed by atoms with Crippen molar-refractivity contribution in [3.8, 4) is 0 Å². The van der Waals surface area contributed by atoms with E-state index in [1.54, 1.807) is 23.0 Å². The van der Waals surface area contributed by atoms with Crippen molar-refractivity contribution in [3.05, 3.63) is 48.5 Å². The van der Waals surface area contributed by atoms with Crippen LogP contribution in [0.25, 0.3) is 5.65 Å². The maximum absolute atomic E-state index is 12.0. The Labute approximate surface area is 197 Å². The van der Waals surface area contributed by atoms with Crippen LogP contribution in [0.2, 0.25) is 0 Å². The van der Waals surface area contributed by atoms with Gasteiger partial charge in [-0.05, 0) is 38.0 Å². The molecule has 3 aliphatic heterocycles. The third-order valence-electron chi connectivity index (χ3n) is 6.72. The lowest BCUT2D eigenvalue weighted by Crippen LogP contribution is -2.53. The van der Waals surface area contributed by atoms with Gasteiger partial charge in [-0.3, -0.25) is 9.59 Å². The number of allylic oxidation sites excluding steroid dienone is 3. The second kappa shape index (κ2) is 8.24. The summed E-state index contributed by atoms with van der Waals surface area (Å²) in [6.07, 6.45) is 9.71. The average molecular weight is 465 g/mol. The molecule has 3 fully saturated rings. The van der Waals surface area contributed by atoms with Gasteiger partial charge < -0.3 is 25.6 Å². The highest BCUT2D eigenvalue weighted by Crippen LogP contribution is 2.32. The van der Waals surface area contributed by atoms with E-state index in [1.165, 1.54) is 0 Å². The predicted molar refractivity (Wildman–Crippen MR) is 126 cm³/mol. The maximum Gasteiger partial charge on any atom is 0.247 e. The second-order valence-electron chi connectivity index (χ2n) is 9.33. The molecule has 1 atom stereocenters. The number of carbonyl (C=O) groups excluding carboxylic acids is 2. The van der Waals surface area contributed by atoms with Crippen LogP contribution in [-0.4, -0.2) is 69.8 Å². The topological polar surface area (TPSA) is 126 Å². The van der Waals surface area contributed by atoms with Gasteiger partial charge in [0.2, 0.25) is 17.8 Å². The van der Waals surface area contributed by atoms with Gasteiger partial charge in [-0.15, -0.1) is 5.10 Å². The molecule has 11 nitrogen and oxygen atoms in total. The zero-order valence-corrected chi connectivity index (χ0v) is 19.3. The molecule has 2 aromatic rings. The zero-order chi connectivity index (χ0) is 23.9. The highest BCUT2D eigenvalue weighted by Gasteiger charge is 2.43. The molecule has 0 bridgehead atoms. The number of morpholine rings is 1. The second-order valence-corrected chi connectivity index (χ2v) is 9.33. The lowest BCUT2D eigenvalue weighted by molar-refractivity contribution is -0.141. The first-order valence-electron chi connectivity index (χ1n) is 11.3. The summed E-state index contributed by atoms with van der Waals surface area (Å²) in [5.74, 6) is 1.06. The Morgan fingerprint density at radius 3 is 2.88 bits per heavy atom. The fourth-order valence-corrected chi connectivity index (χ4v) is 4.46. The van der Waals surface area contributed by atoms with Crippen LogP contribution < -0.4 is 20.9 Å². The summed E-state index contributed by atoms with van der Waals surface area (Å²) < 4.78 is 7.56. The molecule has 178 valence electrons. The Bertz CT molecular complexity index is 1220. The van der Waals surface area contributed by atoms with E-state index in [0.717, 1.165) is 18.5 Å². The molecule has 0 radical (unpaired) electrons. The molecular weight excluding hydrogens is 436 g/mol. The van der Waals surface area contributed by atoms with E-state index in [2.05, 4.69) is 42.5 Å². The minimum atomic E-state index is -0.539. The first-order chi connectivity index (χ1) is 16.3. The first kappa shape index (κ1) is 22.1. The van der Waals surface area contributed by atoms with Crippen LogP contribution in [0.4, 0.5) is 11.8 Å². The van der Waals surface area contributed by atoms with E-state index < -0.39 is 11.0 Å². The third-order valence-corrected chi connectivity index (χ3v) is 6.72. The summed E-state index contributed by atoms with van der Waals surface area (Å²) in [6.45, 7) is 10.1. The lowest BCUT2D eigenvalue weighted by Gasteiger charge is -2.33. The summed E-state index contributed by atoms with van der Waals surface area (Å²) in [6, 6.07) is 0. The van der Waals surface area contributed by atoms with Gasteiger partial charge in [0.05, 0.1) is 12.0 Å². The van der Waals surface area contributed by atoms with Crippen molar-refractivity contribution in [3.63, 3.8) is 0 Å². The van der Waals surface area contributed by atoms with Crippen LogP contribution in [0.15, 0.2) is 48.5 Å². The number of nitrogens with zero attached hydrogens (tertiary/aromatic N) is 5. The Morgan fingerprint density at radius 2 is 2.18 bits per heavy atom. The molecule has 0 aliphatic carbocycles. The normalized spacial score (nSPS) is 25.8. The number of hydrogen-bond acceptors (Lipinski definition) is 8. The number of anilines is 2. The number of rotatable bonds is 5. The number of nitrogens with one attached hydrogen (secondary N) is 3. The summed E-state index contributed by atoms with van der Waals surface area (Å²) >= 11 is 0. The van der Waals surface area contributed by atoms with Crippen molar-refractivity contribution < 1.29 is 14.3 Å². The molecule has 0 saturated carbocycles. The van der Waals surface area contributed by atoms with Crippen LogP contribution in [0, 0.1) is 5.41 Å². The Kier molecular flexibility index (Phi) is 5.35. The molecule has 3 N–H and O–H groups in total. The van der Waals surface area contributed by atoms with Crippen molar-refractivity contribution in [2.45, 2.75) is 25.9 Å². The standard InChI is InChI=1S/C23H28N8O3/c1-4-16(6-5-15-11-25-20(33)22(15,2)3)27-21-28-19-18(24-8-10-31(19)29-21)30-9-7-23(14-30)13-26-17(32)12-34-23/h4-6,8,10H,1,7,9,11-14H2,2-3H3,(H,25,33)(H,26,32)(H,27,29)/b15-5+,16-6+.